The Bertz CT molecular complexity index is 1110. The molecule has 1 aliphatic rings. The highest BCUT2D eigenvalue weighted by molar-refractivity contribution is 5.64. The average molecular weight is 434 g/mol. The first-order valence-electron chi connectivity index (χ1n) is 10.3. The summed E-state index contributed by atoms with van der Waals surface area (Å²) in [6.07, 6.45) is 4.37. The summed E-state index contributed by atoms with van der Waals surface area (Å²) < 4.78 is 44.9. The minimum atomic E-state index is -1.27. The molecule has 0 aromatic carbocycles. The Kier molecular flexibility index (Phi) is 5.65. The minimum absolute atomic E-state index is 0.152. The second kappa shape index (κ2) is 8.12. The van der Waals surface area contributed by atoms with E-state index in [9.17, 15) is 23.4 Å². The lowest BCUT2D eigenvalue weighted by atomic mass is 9.93. The van der Waals surface area contributed by atoms with E-state index in [1.54, 1.807) is 26.1 Å². The number of pyridine rings is 2. The van der Waals surface area contributed by atoms with Gasteiger partial charge in [-0.3, -0.25) is 4.40 Å². The molecular weight excluding hydrogens is 409 g/mol. The average Bonchev–Trinajstić information content (AvgIpc) is 3.12. The largest absolute Gasteiger partial charge is 0.392 e. The van der Waals surface area contributed by atoms with E-state index in [2.05, 4.69) is 15.3 Å². The Hall–Kier alpha value is -2.65. The van der Waals surface area contributed by atoms with Gasteiger partial charge in [0.2, 0.25) is 0 Å². The van der Waals surface area contributed by atoms with Crippen molar-refractivity contribution in [3.8, 4) is 11.4 Å². The number of alkyl halides is 1. The molecule has 3 aromatic rings. The fourth-order valence-corrected chi connectivity index (χ4v) is 4.09. The maximum absolute atomic E-state index is 14.7. The zero-order valence-electron chi connectivity index (χ0n) is 17.4. The van der Waals surface area contributed by atoms with Gasteiger partial charge in [0.05, 0.1) is 30.1 Å². The van der Waals surface area contributed by atoms with E-state index in [-0.39, 0.29) is 23.8 Å². The molecule has 0 spiro atoms. The summed E-state index contributed by atoms with van der Waals surface area (Å²) in [5.41, 5.74) is 0.144. The van der Waals surface area contributed by atoms with Gasteiger partial charge in [-0.05, 0) is 38.3 Å². The number of aromatic nitrogens is 3. The van der Waals surface area contributed by atoms with E-state index in [0.717, 1.165) is 18.9 Å². The van der Waals surface area contributed by atoms with Gasteiger partial charge in [0, 0.05) is 17.8 Å². The topological polar surface area (TPSA) is 82.7 Å². The number of aliphatic hydroxyl groups excluding tert-OH is 1. The van der Waals surface area contributed by atoms with Gasteiger partial charge in [-0.1, -0.05) is 12.8 Å². The van der Waals surface area contributed by atoms with Crippen molar-refractivity contribution in [1.29, 1.82) is 0 Å². The number of nitrogens with zero attached hydrogens (tertiary/aromatic N) is 3. The third kappa shape index (κ3) is 4.12. The molecule has 0 saturated heterocycles. The highest BCUT2D eigenvalue weighted by Crippen LogP contribution is 2.31. The van der Waals surface area contributed by atoms with Gasteiger partial charge >= 0.3 is 0 Å². The Balaban J connectivity index is 1.80. The summed E-state index contributed by atoms with van der Waals surface area (Å²) in [6, 6.07) is 1.73. The third-order valence-corrected chi connectivity index (χ3v) is 5.74. The molecule has 0 bridgehead atoms. The van der Waals surface area contributed by atoms with Gasteiger partial charge in [0.15, 0.2) is 17.5 Å². The molecular formula is C22H25F3N4O2. The molecule has 6 nitrogen and oxygen atoms in total. The number of imidazole rings is 1. The summed E-state index contributed by atoms with van der Waals surface area (Å²) in [4.78, 5) is 8.36. The first-order valence-corrected chi connectivity index (χ1v) is 10.3. The van der Waals surface area contributed by atoms with Crippen LogP contribution in [-0.4, -0.2) is 36.8 Å². The van der Waals surface area contributed by atoms with E-state index in [4.69, 9.17) is 0 Å². The Morgan fingerprint density at radius 2 is 1.94 bits per heavy atom. The fraction of sp³-hybridized carbons (Fsp3) is 0.455. The van der Waals surface area contributed by atoms with Crippen LogP contribution in [-0.2, 0) is 12.2 Å². The van der Waals surface area contributed by atoms with Crippen LogP contribution in [0.25, 0.3) is 17.0 Å². The van der Waals surface area contributed by atoms with Crippen LogP contribution < -0.4 is 5.32 Å². The highest BCUT2D eigenvalue weighted by Gasteiger charge is 2.27. The predicted octanol–water partition coefficient (Wildman–Crippen LogP) is 4.09. The summed E-state index contributed by atoms with van der Waals surface area (Å²) in [5, 5.41) is 22.9. The number of aliphatic hydroxyl groups is 2. The molecule has 9 heteroatoms. The van der Waals surface area contributed by atoms with Crippen LogP contribution in [0, 0.1) is 11.6 Å². The molecule has 0 amide bonds. The third-order valence-electron chi connectivity index (χ3n) is 5.74. The Labute approximate surface area is 177 Å². The second-order valence-corrected chi connectivity index (χ2v) is 8.50. The number of fused-ring (bicyclic) bond motifs is 1. The van der Waals surface area contributed by atoms with E-state index in [1.807, 2.05) is 0 Å². The van der Waals surface area contributed by atoms with Crippen molar-refractivity contribution in [3.63, 3.8) is 0 Å². The van der Waals surface area contributed by atoms with Gasteiger partial charge in [0.1, 0.15) is 17.5 Å². The van der Waals surface area contributed by atoms with Crippen LogP contribution in [0.5, 0.6) is 0 Å². The van der Waals surface area contributed by atoms with Crippen LogP contribution >= 0.6 is 0 Å². The minimum Gasteiger partial charge on any atom is -0.392 e. The molecule has 0 unspecified atom stereocenters. The van der Waals surface area contributed by atoms with E-state index >= 15 is 0 Å². The summed E-state index contributed by atoms with van der Waals surface area (Å²) in [7, 11) is 0. The van der Waals surface area contributed by atoms with Crippen LogP contribution in [0.1, 0.15) is 50.7 Å². The van der Waals surface area contributed by atoms with Gasteiger partial charge in [-0.25, -0.2) is 23.1 Å². The maximum Gasteiger partial charge on any atom is 0.168 e. The molecule has 3 aromatic heterocycles. The zero-order chi connectivity index (χ0) is 22.3. The van der Waals surface area contributed by atoms with Crippen molar-refractivity contribution < 1.29 is 23.4 Å². The molecule has 1 fully saturated rings. The van der Waals surface area contributed by atoms with Crippen molar-refractivity contribution in [3.05, 3.63) is 47.3 Å². The van der Waals surface area contributed by atoms with Gasteiger partial charge in [-0.2, -0.15) is 0 Å². The van der Waals surface area contributed by atoms with Gasteiger partial charge < -0.3 is 15.5 Å². The number of hydrogen-bond donors (Lipinski definition) is 3. The van der Waals surface area contributed by atoms with Crippen LogP contribution in [0.3, 0.4) is 0 Å². The molecule has 3 N–H and O–H groups in total. The van der Waals surface area contributed by atoms with Gasteiger partial charge in [0.25, 0.3) is 0 Å². The van der Waals surface area contributed by atoms with Crippen molar-refractivity contribution in [2.24, 2.45) is 0 Å². The quantitative estimate of drug-likeness (QED) is 0.564. The number of rotatable bonds is 5. The molecule has 4 rings (SSSR count). The molecule has 166 valence electrons. The van der Waals surface area contributed by atoms with Crippen molar-refractivity contribution in [2.75, 3.05) is 5.32 Å². The number of halogens is 3. The van der Waals surface area contributed by atoms with E-state index in [0.29, 0.717) is 29.6 Å². The van der Waals surface area contributed by atoms with Crippen LogP contribution in [0.4, 0.5) is 19.0 Å². The summed E-state index contributed by atoms with van der Waals surface area (Å²) in [6.45, 7) is 2.83. The maximum atomic E-state index is 14.7. The van der Waals surface area contributed by atoms with Gasteiger partial charge in [-0.15, -0.1) is 0 Å². The van der Waals surface area contributed by atoms with Crippen molar-refractivity contribution >= 4 is 11.5 Å². The standard InChI is InChI=1S/C22H25F3N4O2/c1-22(2,31)13-10-29-18(9-26-19(29)7-12(13)11-30)20-15(24)8-16(25)21(28-20)27-17-6-4-3-5-14(17)23/h7-10,14,17,30-31H,3-6,11H2,1-2H3,(H,27,28)/t14-,17-/m0/s1. The number of anilines is 1. The van der Waals surface area contributed by atoms with E-state index < -0.39 is 29.4 Å². The summed E-state index contributed by atoms with van der Waals surface area (Å²) in [5.74, 6) is -2.00. The molecule has 31 heavy (non-hydrogen) atoms. The Morgan fingerprint density at radius 3 is 2.61 bits per heavy atom. The smallest absolute Gasteiger partial charge is 0.168 e. The fourth-order valence-electron chi connectivity index (χ4n) is 4.09. The lowest BCUT2D eigenvalue weighted by Gasteiger charge is -2.27. The first kappa shape index (κ1) is 21.6. The molecule has 1 saturated carbocycles. The number of nitrogens with one attached hydrogen (secondary N) is 1. The van der Waals surface area contributed by atoms with Crippen molar-refractivity contribution in [1.82, 2.24) is 14.4 Å². The molecule has 0 aliphatic heterocycles. The predicted molar refractivity (Wildman–Crippen MR) is 110 cm³/mol. The zero-order valence-corrected chi connectivity index (χ0v) is 17.4. The van der Waals surface area contributed by atoms with Crippen molar-refractivity contribution in [2.45, 2.75) is 64.0 Å². The molecule has 0 radical (unpaired) electrons. The monoisotopic (exact) mass is 434 g/mol. The number of hydrogen-bond acceptors (Lipinski definition) is 5. The molecule has 3 heterocycles. The normalized spacial score (nSPS) is 19.7. The highest BCUT2D eigenvalue weighted by atomic mass is 19.1. The summed E-state index contributed by atoms with van der Waals surface area (Å²) >= 11 is 0. The Morgan fingerprint density at radius 1 is 1.19 bits per heavy atom. The molecule has 1 aliphatic carbocycles. The lowest BCUT2D eigenvalue weighted by molar-refractivity contribution is 0.0755. The SMILES string of the molecule is CC(C)(O)c1cn2c(-c3nc(N[C@H]4CCCC[C@@H]4F)c(F)cc3F)cnc2cc1CO. The van der Waals surface area contributed by atoms with Crippen LogP contribution in [0.2, 0.25) is 0 Å². The molecule has 2 atom stereocenters. The van der Waals surface area contributed by atoms with E-state index in [1.165, 1.54) is 10.6 Å². The first-order chi connectivity index (χ1) is 14.7. The second-order valence-electron chi connectivity index (χ2n) is 8.50. The lowest BCUT2D eigenvalue weighted by Crippen LogP contribution is -2.34. The van der Waals surface area contributed by atoms with Crippen LogP contribution in [0.15, 0.2) is 24.5 Å².